The van der Waals surface area contributed by atoms with E-state index in [1.807, 2.05) is 0 Å². The van der Waals surface area contributed by atoms with Crippen LogP contribution in [0.4, 0.5) is 0 Å². The van der Waals surface area contributed by atoms with Crippen LogP contribution >= 0.6 is 0 Å². The zero-order chi connectivity index (χ0) is 0. The molecule has 0 saturated heterocycles. The summed E-state index contributed by atoms with van der Waals surface area (Å²) < 4.78 is 0. The van der Waals surface area contributed by atoms with Crippen molar-refractivity contribution in [1.29, 1.82) is 0 Å². The van der Waals surface area contributed by atoms with Crippen molar-refractivity contribution in [2.45, 2.75) is 0 Å². The maximum Gasteiger partial charge on any atom is 2.00 e. The van der Waals surface area contributed by atoms with Gasteiger partial charge in [0.15, 0.2) is 0 Å². The summed E-state index contributed by atoms with van der Waals surface area (Å²) in [5.74, 6) is 0. The van der Waals surface area contributed by atoms with Crippen molar-refractivity contribution in [2.24, 2.45) is 0 Å². The Morgan fingerprint density at radius 3 is 1.25 bits per heavy atom. The molecular formula is H2BiCaOSr. The van der Waals surface area contributed by atoms with Gasteiger partial charge in [-0.05, 0) is 0 Å². The van der Waals surface area contributed by atoms with Crippen LogP contribution in [0.5, 0.6) is 0 Å². The SMILES string of the molecule is [Bi].[Ca+2].[H-].[H-].[O-2].[Sr+2]. The van der Waals surface area contributed by atoms with Gasteiger partial charge in [-0.15, -0.1) is 0 Å². The molecule has 0 heterocycles. The van der Waals surface area contributed by atoms with Crippen LogP contribution in [0.25, 0.3) is 0 Å². The average molecular weight is 355 g/mol. The van der Waals surface area contributed by atoms with E-state index in [0.717, 1.165) is 0 Å². The maximum atomic E-state index is 0. The van der Waals surface area contributed by atoms with E-state index >= 15 is 0 Å². The third-order valence-corrected chi connectivity index (χ3v) is 0. The maximum absolute atomic E-state index is 0. The molecule has 0 N–H and O–H groups in total. The minimum Gasteiger partial charge on any atom is -2.00 e. The summed E-state index contributed by atoms with van der Waals surface area (Å²) >= 11 is 0. The molecule has 0 aromatic heterocycles. The van der Waals surface area contributed by atoms with Gasteiger partial charge in [0.25, 0.3) is 0 Å². The molecule has 0 amide bonds. The molecule has 4 heteroatoms. The van der Waals surface area contributed by atoms with E-state index in [2.05, 4.69) is 0 Å². The molecule has 0 aliphatic heterocycles. The van der Waals surface area contributed by atoms with Crippen LogP contribution < -0.4 is 0 Å². The zero-order valence-corrected chi connectivity index (χ0v) is 11.4. The summed E-state index contributed by atoms with van der Waals surface area (Å²) in [6.07, 6.45) is 0. The molecule has 0 unspecified atom stereocenters. The van der Waals surface area contributed by atoms with Gasteiger partial charge in [0.05, 0.1) is 0 Å². The van der Waals surface area contributed by atoms with E-state index < -0.39 is 0 Å². The predicted octanol–water partition coefficient (Wildman–Crippen LogP) is -1.04. The van der Waals surface area contributed by atoms with Crippen molar-refractivity contribution >= 4 is 109 Å². The molecule has 0 bridgehead atoms. The molecule has 17 valence electrons. The molecule has 0 aromatic carbocycles. The fourth-order valence-corrected chi connectivity index (χ4v) is 0. The first-order chi connectivity index (χ1) is 0. The van der Waals surface area contributed by atoms with E-state index in [9.17, 15) is 0 Å². The molecule has 4 heavy (non-hydrogen) atoms. The first kappa shape index (κ1) is 25.6. The second-order valence-corrected chi connectivity index (χ2v) is 0. The number of hydrogen-bond acceptors (Lipinski definition) is 0. The summed E-state index contributed by atoms with van der Waals surface area (Å²) in [5.41, 5.74) is 0. The summed E-state index contributed by atoms with van der Waals surface area (Å²) in [7, 11) is 0. The van der Waals surface area contributed by atoms with Crippen molar-refractivity contribution < 1.29 is 8.33 Å². The van der Waals surface area contributed by atoms with E-state index in [4.69, 9.17) is 0 Å². The first-order valence-electron chi connectivity index (χ1n) is 0. The van der Waals surface area contributed by atoms with Crippen LogP contribution in [-0.2, 0) is 5.48 Å². The second kappa shape index (κ2) is 16.0. The van der Waals surface area contributed by atoms with Crippen LogP contribution in [0.1, 0.15) is 2.85 Å². The standard InChI is InChI=1S/Bi.Ca.O.Sr.2H/q;+2;-2;+2;2*-1. The minimum absolute atomic E-state index is 0. The first-order valence-corrected chi connectivity index (χ1v) is 0. The zero-order valence-electron chi connectivity index (χ0n) is 4.27. The van der Waals surface area contributed by atoms with Crippen LogP contribution in [0, 0.1) is 0 Å². The Kier molecular flexibility index (Phi) is 102. The van der Waals surface area contributed by atoms with Crippen molar-refractivity contribution in [1.82, 2.24) is 0 Å². The van der Waals surface area contributed by atoms with Crippen molar-refractivity contribution in [3.05, 3.63) is 0 Å². The molecular weight excluding hydrogens is 353 g/mol. The van der Waals surface area contributed by atoms with Gasteiger partial charge in [0.2, 0.25) is 0 Å². The third-order valence-electron chi connectivity index (χ3n) is 0. The van der Waals surface area contributed by atoms with E-state index in [1.54, 1.807) is 0 Å². The predicted molar refractivity (Wildman–Crippen MR) is 20.2 cm³/mol. The molecule has 0 aliphatic carbocycles. The molecule has 0 fully saturated rings. The van der Waals surface area contributed by atoms with Gasteiger partial charge in [-0.25, -0.2) is 0 Å². The van der Waals surface area contributed by atoms with Gasteiger partial charge in [0, 0.05) is 26.2 Å². The van der Waals surface area contributed by atoms with Gasteiger partial charge in [-0.1, -0.05) is 0 Å². The minimum atomic E-state index is 0. The van der Waals surface area contributed by atoms with Gasteiger partial charge >= 0.3 is 83.2 Å². The Bertz CT molecular complexity index is 13.5. The normalized spacial score (nSPS) is 0. The smallest absolute Gasteiger partial charge is 2.00 e. The molecule has 1 nitrogen and oxygen atoms in total. The Morgan fingerprint density at radius 2 is 1.25 bits per heavy atom. The molecule has 0 rings (SSSR count). The Hall–Kier alpha value is 3.58. The van der Waals surface area contributed by atoms with Crippen molar-refractivity contribution in [3.63, 3.8) is 0 Å². The quantitative estimate of drug-likeness (QED) is 0.498. The molecule has 0 aromatic rings. The number of hydrogen-bond donors (Lipinski definition) is 0. The topological polar surface area (TPSA) is 28.5 Å². The summed E-state index contributed by atoms with van der Waals surface area (Å²) in [6.45, 7) is 0. The van der Waals surface area contributed by atoms with Crippen LogP contribution in [-0.4, -0.2) is 109 Å². The monoisotopic (exact) mass is 355 g/mol. The fraction of sp³-hybridized carbons (Fsp3) is 0. The van der Waals surface area contributed by atoms with Crippen molar-refractivity contribution in [3.8, 4) is 0 Å². The largest absolute Gasteiger partial charge is 2.00 e. The molecule has 3 radical (unpaired) electrons. The summed E-state index contributed by atoms with van der Waals surface area (Å²) in [5, 5.41) is 0. The van der Waals surface area contributed by atoms with E-state index in [0.29, 0.717) is 0 Å². The van der Waals surface area contributed by atoms with Gasteiger partial charge in [0.1, 0.15) is 0 Å². The second-order valence-electron chi connectivity index (χ2n) is 0. The molecule has 0 atom stereocenters. The van der Waals surface area contributed by atoms with Gasteiger partial charge in [-0.3, -0.25) is 0 Å². The Morgan fingerprint density at radius 1 is 1.25 bits per heavy atom. The van der Waals surface area contributed by atoms with Crippen LogP contribution in [0.3, 0.4) is 0 Å². The molecule has 0 spiro atoms. The molecule has 0 aliphatic rings. The average Bonchev–Trinajstić information content (AvgIpc) is 0. The van der Waals surface area contributed by atoms with Gasteiger partial charge < -0.3 is 8.33 Å². The van der Waals surface area contributed by atoms with E-state index in [-0.39, 0.29) is 118 Å². The fourth-order valence-electron chi connectivity index (χ4n) is 0. The third kappa shape index (κ3) is 9.13. The van der Waals surface area contributed by atoms with Crippen LogP contribution in [0.2, 0.25) is 0 Å². The Balaban J connectivity index is 0. The Labute approximate surface area is 115 Å². The van der Waals surface area contributed by atoms with Crippen molar-refractivity contribution in [2.75, 3.05) is 0 Å². The molecule has 0 saturated carbocycles. The summed E-state index contributed by atoms with van der Waals surface area (Å²) in [6, 6.07) is 0. The van der Waals surface area contributed by atoms with Crippen LogP contribution in [0.15, 0.2) is 0 Å². The number of rotatable bonds is 0. The summed E-state index contributed by atoms with van der Waals surface area (Å²) in [4.78, 5) is 0. The van der Waals surface area contributed by atoms with Gasteiger partial charge in [-0.2, -0.15) is 0 Å². The van der Waals surface area contributed by atoms with E-state index in [1.165, 1.54) is 0 Å².